The number of rotatable bonds is 4. The second kappa shape index (κ2) is 6.69. The van der Waals surface area contributed by atoms with Crippen LogP contribution in [0.3, 0.4) is 0 Å². The predicted molar refractivity (Wildman–Crippen MR) is 76.8 cm³/mol. The lowest BCUT2D eigenvalue weighted by atomic mass is 10.1. The van der Waals surface area contributed by atoms with Crippen molar-refractivity contribution in [1.29, 1.82) is 5.26 Å². The van der Waals surface area contributed by atoms with Crippen LogP contribution < -0.4 is 5.56 Å². The Hall–Kier alpha value is -1.64. The summed E-state index contributed by atoms with van der Waals surface area (Å²) < 4.78 is 7.03. The molecule has 0 aliphatic carbocycles. The lowest BCUT2D eigenvalue weighted by Crippen LogP contribution is -2.37. The van der Waals surface area contributed by atoms with Crippen LogP contribution in [-0.4, -0.2) is 42.3 Å². The van der Waals surface area contributed by atoms with E-state index < -0.39 is 0 Å². The van der Waals surface area contributed by atoms with Gasteiger partial charge in [-0.2, -0.15) is 5.26 Å². The maximum atomic E-state index is 12.2. The molecule has 0 amide bonds. The minimum absolute atomic E-state index is 0.160. The van der Waals surface area contributed by atoms with E-state index in [9.17, 15) is 4.79 Å². The summed E-state index contributed by atoms with van der Waals surface area (Å²) in [6.07, 6.45) is 0.911. The summed E-state index contributed by atoms with van der Waals surface area (Å²) >= 11 is 0. The van der Waals surface area contributed by atoms with E-state index in [1.165, 1.54) is 0 Å². The van der Waals surface area contributed by atoms with Crippen LogP contribution in [0.25, 0.3) is 0 Å². The molecule has 0 unspecified atom stereocenters. The summed E-state index contributed by atoms with van der Waals surface area (Å²) in [5, 5.41) is 9.06. The Bertz CT molecular complexity index is 566. The van der Waals surface area contributed by atoms with Gasteiger partial charge in [0.05, 0.1) is 13.2 Å². The molecule has 1 fully saturated rings. The molecule has 1 aromatic heterocycles. The highest BCUT2D eigenvalue weighted by Crippen LogP contribution is 2.06. The lowest BCUT2D eigenvalue weighted by Gasteiger charge is -2.26. The van der Waals surface area contributed by atoms with Gasteiger partial charge in [0.2, 0.25) is 0 Å². The molecule has 0 atom stereocenters. The number of ether oxygens (including phenoxy) is 1. The van der Waals surface area contributed by atoms with Gasteiger partial charge in [0.1, 0.15) is 11.6 Å². The quantitative estimate of drug-likeness (QED) is 0.824. The average molecular weight is 275 g/mol. The maximum absolute atomic E-state index is 12.2. The molecule has 0 saturated carbocycles. The van der Waals surface area contributed by atoms with Gasteiger partial charge in [0.15, 0.2) is 0 Å². The van der Waals surface area contributed by atoms with Crippen molar-refractivity contribution in [3.8, 4) is 6.07 Å². The standard InChI is InChI=1S/C15H21N3O2/c1-12-10-13(2)18(15(19)14(12)11-16)5-3-4-17-6-8-20-9-7-17/h10H,3-9H2,1-2H3. The summed E-state index contributed by atoms with van der Waals surface area (Å²) in [4.78, 5) is 14.6. The van der Waals surface area contributed by atoms with Crippen molar-refractivity contribution in [3.63, 3.8) is 0 Å². The van der Waals surface area contributed by atoms with Crippen LogP contribution in [0.5, 0.6) is 0 Å². The van der Waals surface area contributed by atoms with Crippen LogP contribution in [0, 0.1) is 25.2 Å². The molecule has 20 heavy (non-hydrogen) atoms. The number of aromatic nitrogens is 1. The zero-order valence-electron chi connectivity index (χ0n) is 12.2. The van der Waals surface area contributed by atoms with Crippen LogP contribution in [-0.2, 0) is 11.3 Å². The Labute approximate surface area is 119 Å². The minimum atomic E-state index is -0.160. The number of nitriles is 1. The fourth-order valence-electron chi connectivity index (χ4n) is 2.62. The first-order chi connectivity index (χ1) is 9.63. The third-order valence-electron chi connectivity index (χ3n) is 3.78. The van der Waals surface area contributed by atoms with Crippen LogP contribution in [0.1, 0.15) is 23.2 Å². The van der Waals surface area contributed by atoms with Gasteiger partial charge in [-0.05, 0) is 31.9 Å². The Morgan fingerprint density at radius 1 is 1.30 bits per heavy atom. The monoisotopic (exact) mass is 275 g/mol. The summed E-state index contributed by atoms with van der Waals surface area (Å²) in [7, 11) is 0. The smallest absolute Gasteiger partial charge is 0.268 e. The first-order valence-corrected chi connectivity index (χ1v) is 7.04. The summed E-state index contributed by atoms with van der Waals surface area (Å²) in [5.41, 5.74) is 1.79. The third kappa shape index (κ3) is 3.27. The second-order valence-corrected chi connectivity index (χ2v) is 5.22. The number of aryl methyl sites for hydroxylation is 2. The van der Waals surface area contributed by atoms with Gasteiger partial charge in [-0.3, -0.25) is 9.69 Å². The molecular weight excluding hydrogens is 254 g/mol. The molecule has 1 aliphatic rings. The van der Waals surface area contributed by atoms with Crippen LogP contribution >= 0.6 is 0 Å². The zero-order valence-corrected chi connectivity index (χ0v) is 12.2. The minimum Gasteiger partial charge on any atom is -0.379 e. The number of hydrogen-bond acceptors (Lipinski definition) is 4. The van der Waals surface area contributed by atoms with Crippen molar-refractivity contribution in [2.45, 2.75) is 26.8 Å². The number of pyridine rings is 1. The third-order valence-corrected chi connectivity index (χ3v) is 3.78. The molecule has 5 heteroatoms. The number of morpholine rings is 1. The van der Waals surface area contributed by atoms with E-state index in [0.29, 0.717) is 6.54 Å². The molecule has 1 aromatic rings. The first-order valence-electron chi connectivity index (χ1n) is 7.04. The second-order valence-electron chi connectivity index (χ2n) is 5.22. The van der Waals surface area contributed by atoms with Gasteiger partial charge in [0.25, 0.3) is 5.56 Å². The van der Waals surface area contributed by atoms with Crippen molar-refractivity contribution in [3.05, 3.63) is 33.2 Å². The molecule has 0 radical (unpaired) electrons. The Kier molecular flexibility index (Phi) is 4.94. The lowest BCUT2D eigenvalue weighted by molar-refractivity contribution is 0.0369. The number of hydrogen-bond donors (Lipinski definition) is 0. The van der Waals surface area contributed by atoms with Crippen LogP contribution in [0.2, 0.25) is 0 Å². The maximum Gasteiger partial charge on any atom is 0.268 e. The van der Waals surface area contributed by atoms with Crippen molar-refractivity contribution >= 4 is 0 Å². The van der Waals surface area contributed by atoms with Gasteiger partial charge in [-0.25, -0.2) is 0 Å². The van der Waals surface area contributed by atoms with Gasteiger partial charge < -0.3 is 9.30 Å². The van der Waals surface area contributed by atoms with Gasteiger partial charge in [-0.1, -0.05) is 0 Å². The fourth-order valence-corrected chi connectivity index (χ4v) is 2.62. The van der Waals surface area contributed by atoms with Gasteiger partial charge >= 0.3 is 0 Å². The van der Waals surface area contributed by atoms with Crippen molar-refractivity contribution in [2.24, 2.45) is 0 Å². The van der Waals surface area contributed by atoms with E-state index >= 15 is 0 Å². The van der Waals surface area contributed by atoms with E-state index in [0.717, 1.165) is 50.5 Å². The zero-order chi connectivity index (χ0) is 14.5. The molecule has 2 rings (SSSR count). The summed E-state index contributed by atoms with van der Waals surface area (Å²) in [6.45, 7) is 8.87. The molecule has 108 valence electrons. The molecule has 5 nitrogen and oxygen atoms in total. The van der Waals surface area contributed by atoms with E-state index in [2.05, 4.69) is 4.90 Å². The Morgan fingerprint density at radius 2 is 2.00 bits per heavy atom. The molecular formula is C15H21N3O2. The van der Waals surface area contributed by atoms with Crippen molar-refractivity contribution < 1.29 is 4.74 Å². The highest BCUT2D eigenvalue weighted by atomic mass is 16.5. The van der Waals surface area contributed by atoms with Gasteiger partial charge in [-0.15, -0.1) is 0 Å². The molecule has 0 aromatic carbocycles. The average Bonchev–Trinajstić information content (AvgIpc) is 2.44. The fraction of sp³-hybridized carbons (Fsp3) is 0.600. The molecule has 0 bridgehead atoms. The van der Waals surface area contributed by atoms with E-state index in [1.807, 2.05) is 26.0 Å². The van der Waals surface area contributed by atoms with Crippen molar-refractivity contribution in [1.82, 2.24) is 9.47 Å². The van der Waals surface area contributed by atoms with E-state index in [-0.39, 0.29) is 11.1 Å². The van der Waals surface area contributed by atoms with E-state index in [4.69, 9.17) is 10.00 Å². The largest absolute Gasteiger partial charge is 0.379 e. The SMILES string of the molecule is Cc1cc(C)n(CCCN2CCOCC2)c(=O)c1C#N. The molecule has 2 heterocycles. The molecule has 1 aliphatic heterocycles. The Morgan fingerprint density at radius 3 is 2.65 bits per heavy atom. The number of nitrogens with zero attached hydrogens (tertiary/aromatic N) is 3. The molecule has 1 saturated heterocycles. The van der Waals surface area contributed by atoms with Gasteiger partial charge in [0, 0.05) is 31.9 Å². The Balaban J connectivity index is 2.02. The molecule has 0 spiro atoms. The molecule has 0 N–H and O–H groups in total. The van der Waals surface area contributed by atoms with Crippen LogP contribution in [0.15, 0.2) is 10.9 Å². The topological polar surface area (TPSA) is 58.3 Å². The van der Waals surface area contributed by atoms with Crippen LogP contribution in [0.4, 0.5) is 0 Å². The predicted octanol–water partition coefficient (Wildman–Crippen LogP) is 1.06. The van der Waals surface area contributed by atoms with Crippen molar-refractivity contribution in [2.75, 3.05) is 32.8 Å². The summed E-state index contributed by atoms with van der Waals surface area (Å²) in [6, 6.07) is 3.92. The summed E-state index contributed by atoms with van der Waals surface area (Å²) in [5.74, 6) is 0. The van der Waals surface area contributed by atoms with E-state index in [1.54, 1.807) is 4.57 Å². The highest BCUT2D eigenvalue weighted by Gasteiger charge is 2.12. The normalized spacial score (nSPS) is 16.1. The highest BCUT2D eigenvalue weighted by molar-refractivity contribution is 5.36. The first kappa shape index (κ1) is 14.8.